The van der Waals surface area contributed by atoms with Crippen LogP contribution in [0.1, 0.15) is 33.6 Å². The van der Waals surface area contributed by atoms with Gasteiger partial charge in [-0.2, -0.15) is 0 Å². The Kier molecular flexibility index (Phi) is 5.28. The van der Waals surface area contributed by atoms with Crippen LogP contribution < -0.4 is 10.2 Å². The summed E-state index contributed by atoms with van der Waals surface area (Å²) in [7, 11) is 0. The molecule has 2 rings (SSSR count). The van der Waals surface area contributed by atoms with Gasteiger partial charge in [-0.05, 0) is 50.4 Å². The molecular weight excluding hydrogens is 300 g/mol. The molecule has 0 bridgehead atoms. The molecule has 19 heavy (non-hydrogen) atoms. The molecule has 1 aliphatic heterocycles. The maximum atomic E-state index is 3.70. The van der Waals surface area contributed by atoms with Gasteiger partial charge in [-0.15, -0.1) is 0 Å². The molecule has 1 aliphatic rings. The lowest BCUT2D eigenvalue weighted by Gasteiger charge is -2.44. The number of hydrogen-bond donors (Lipinski definition) is 1. The highest BCUT2D eigenvalue weighted by molar-refractivity contribution is 9.10. The molecule has 1 N–H and O–H groups in total. The maximum Gasteiger partial charge on any atom is 0.0380 e. The van der Waals surface area contributed by atoms with Crippen LogP contribution in [0.2, 0.25) is 0 Å². The zero-order valence-electron chi connectivity index (χ0n) is 12.2. The van der Waals surface area contributed by atoms with Crippen LogP contribution in [0.5, 0.6) is 0 Å². The van der Waals surface area contributed by atoms with Crippen molar-refractivity contribution in [2.75, 3.05) is 18.0 Å². The molecule has 0 radical (unpaired) electrons. The molecule has 3 heteroatoms. The van der Waals surface area contributed by atoms with Crippen molar-refractivity contribution in [3.05, 3.63) is 28.7 Å². The number of piperidine rings is 1. The minimum atomic E-state index is 0.581. The normalized spacial score (nSPS) is 27.6. The van der Waals surface area contributed by atoms with Gasteiger partial charge in [0.1, 0.15) is 0 Å². The zero-order chi connectivity index (χ0) is 13.8. The lowest BCUT2D eigenvalue weighted by atomic mass is 9.86. The van der Waals surface area contributed by atoms with Gasteiger partial charge in [-0.25, -0.2) is 0 Å². The fraction of sp³-hybridized carbons (Fsp3) is 0.625. The highest BCUT2D eigenvalue weighted by atomic mass is 79.9. The van der Waals surface area contributed by atoms with Gasteiger partial charge in [-0.1, -0.05) is 35.8 Å². The van der Waals surface area contributed by atoms with Crippen molar-refractivity contribution in [3.63, 3.8) is 0 Å². The van der Waals surface area contributed by atoms with Crippen molar-refractivity contribution in [1.82, 2.24) is 5.32 Å². The number of rotatable bonds is 4. The Bertz CT molecular complexity index is 407. The van der Waals surface area contributed by atoms with E-state index in [2.05, 4.69) is 71.2 Å². The Morgan fingerprint density at radius 3 is 2.84 bits per heavy atom. The average Bonchev–Trinajstić information content (AvgIpc) is 2.40. The monoisotopic (exact) mass is 324 g/mol. The van der Waals surface area contributed by atoms with E-state index in [1.165, 1.54) is 18.5 Å². The molecule has 106 valence electrons. The molecular formula is C16H25BrN2. The summed E-state index contributed by atoms with van der Waals surface area (Å²) in [4.78, 5) is 2.54. The van der Waals surface area contributed by atoms with E-state index in [4.69, 9.17) is 0 Å². The third-order valence-electron chi connectivity index (χ3n) is 4.36. The molecule has 3 unspecified atom stereocenters. The minimum Gasteiger partial charge on any atom is -0.368 e. The minimum absolute atomic E-state index is 0.581. The second-order valence-corrected chi connectivity index (χ2v) is 6.54. The smallest absolute Gasteiger partial charge is 0.0380 e. The summed E-state index contributed by atoms with van der Waals surface area (Å²) in [5.41, 5.74) is 1.34. The molecule has 2 nitrogen and oxygen atoms in total. The Labute approximate surface area is 125 Å². The Morgan fingerprint density at radius 1 is 1.37 bits per heavy atom. The molecule has 0 spiro atoms. The number of hydrogen-bond acceptors (Lipinski definition) is 2. The molecule has 1 aromatic rings. The van der Waals surface area contributed by atoms with Crippen molar-refractivity contribution in [3.8, 4) is 0 Å². The van der Waals surface area contributed by atoms with Gasteiger partial charge in [0.25, 0.3) is 0 Å². The van der Waals surface area contributed by atoms with E-state index in [-0.39, 0.29) is 0 Å². The van der Waals surface area contributed by atoms with Crippen LogP contribution in [0.25, 0.3) is 0 Å². The molecule has 1 saturated heterocycles. The zero-order valence-corrected chi connectivity index (χ0v) is 13.8. The maximum absolute atomic E-state index is 3.70. The van der Waals surface area contributed by atoms with E-state index in [0.29, 0.717) is 18.0 Å². The third kappa shape index (κ3) is 3.51. The summed E-state index contributed by atoms with van der Waals surface area (Å²) in [6.07, 6.45) is 2.45. The fourth-order valence-corrected chi connectivity index (χ4v) is 3.39. The van der Waals surface area contributed by atoms with E-state index in [1.54, 1.807) is 0 Å². The molecule has 3 atom stereocenters. The molecule has 1 aromatic carbocycles. The number of anilines is 1. The molecule has 0 amide bonds. The number of nitrogens with one attached hydrogen (secondary N) is 1. The van der Waals surface area contributed by atoms with Crippen LogP contribution in [0.3, 0.4) is 0 Å². The summed E-state index contributed by atoms with van der Waals surface area (Å²) in [6, 6.07) is 9.90. The highest BCUT2D eigenvalue weighted by Gasteiger charge is 2.31. The van der Waals surface area contributed by atoms with Crippen molar-refractivity contribution in [2.24, 2.45) is 5.92 Å². The molecule has 1 fully saturated rings. The topological polar surface area (TPSA) is 15.3 Å². The van der Waals surface area contributed by atoms with Crippen LogP contribution in [-0.4, -0.2) is 25.2 Å². The first-order valence-corrected chi connectivity index (χ1v) is 8.18. The quantitative estimate of drug-likeness (QED) is 0.898. The SMILES string of the molecule is CCCNC1CCN(c2cccc(Br)c2)C(C)C1C. The van der Waals surface area contributed by atoms with E-state index >= 15 is 0 Å². The standard InChI is InChI=1S/C16H25BrN2/c1-4-9-18-16-8-10-19(13(3)12(16)2)15-7-5-6-14(17)11-15/h5-7,11-13,16,18H,4,8-10H2,1-3H3. The molecule has 0 saturated carbocycles. The van der Waals surface area contributed by atoms with Crippen LogP contribution >= 0.6 is 15.9 Å². The van der Waals surface area contributed by atoms with E-state index in [1.807, 2.05) is 0 Å². The number of nitrogens with zero attached hydrogens (tertiary/aromatic N) is 1. The average molecular weight is 325 g/mol. The summed E-state index contributed by atoms with van der Waals surface area (Å²) in [6.45, 7) is 9.24. The van der Waals surface area contributed by atoms with Crippen LogP contribution in [0.15, 0.2) is 28.7 Å². The Morgan fingerprint density at radius 2 is 2.16 bits per heavy atom. The van der Waals surface area contributed by atoms with Crippen molar-refractivity contribution in [1.29, 1.82) is 0 Å². The Balaban J connectivity index is 2.06. The third-order valence-corrected chi connectivity index (χ3v) is 4.86. The summed E-state index contributed by atoms with van der Waals surface area (Å²) in [5, 5.41) is 3.70. The number of halogens is 1. The summed E-state index contributed by atoms with van der Waals surface area (Å²) < 4.78 is 1.16. The van der Waals surface area contributed by atoms with Gasteiger partial charge in [0.05, 0.1) is 0 Å². The first-order valence-electron chi connectivity index (χ1n) is 7.39. The van der Waals surface area contributed by atoms with Crippen molar-refractivity contribution < 1.29 is 0 Å². The first-order chi connectivity index (χ1) is 9.13. The predicted octanol–water partition coefficient (Wildman–Crippen LogP) is 4.05. The summed E-state index contributed by atoms with van der Waals surface area (Å²) >= 11 is 3.57. The fourth-order valence-electron chi connectivity index (χ4n) is 3.00. The second kappa shape index (κ2) is 6.76. The van der Waals surface area contributed by atoms with Gasteiger partial charge >= 0.3 is 0 Å². The van der Waals surface area contributed by atoms with Crippen molar-refractivity contribution >= 4 is 21.6 Å². The first kappa shape index (κ1) is 14.9. The van der Waals surface area contributed by atoms with E-state index in [9.17, 15) is 0 Å². The van der Waals surface area contributed by atoms with Gasteiger partial charge < -0.3 is 10.2 Å². The van der Waals surface area contributed by atoms with Gasteiger partial charge in [0, 0.05) is 28.8 Å². The van der Waals surface area contributed by atoms with Gasteiger partial charge in [0.2, 0.25) is 0 Å². The van der Waals surface area contributed by atoms with Crippen LogP contribution in [0, 0.1) is 5.92 Å². The predicted molar refractivity (Wildman–Crippen MR) is 86.8 cm³/mol. The summed E-state index contributed by atoms with van der Waals surface area (Å²) in [5.74, 6) is 0.680. The molecule has 0 aromatic heterocycles. The lowest BCUT2D eigenvalue weighted by Crippen LogP contribution is -2.53. The highest BCUT2D eigenvalue weighted by Crippen LogP contribution is 2.30. The van der Waals surface area contributed by atoms with Gasteiger partial charge in [0.15, 0.2) is 0 Å². The van der Waals surface area contributed by atoms with Crippen LogP contribution in [0.4, 0.5) is 5.69 Å². The largest absolute Gasteiger partial charge is 0.368 e. The van der Waals surface area contributed by atoms with Crippen molar-refractivity contribution in [2.45, 2.75) is 45.7 Å². The molecule has 1 heterocycles. The van der Waals surface area contributed by atoms with E-state index in [0.717, 1.165) is 17.6 Å². The lowest BCUT2D eigenvalue weighted by molar-refractivity contribution is 0.271. The van der Waals surface area contributed by atoms with E-state index < -0.39 is 0 Å². The Hall–Kier alpha value is -0.540. The van der Waals surface area contributed by atoms with Crippen LogP contribution in [-0.2, 0) is 0 Å². The van der Waals surface area contributed by atoms with Gasteiger partial charge in [-0.3, -0.25) is 0 Å². The number of benzene rings is 1. The molecule has 0 aliphatic carbocycles. The second-order valence-electron chi connectivity index (χ2n) is 5.62.